The van der Waals surface area contributed by atoms with Crippen LogP contribution >= 0.6 is 0 Å². The third-order valence-corrected chi connectivity index (χ3v) is 7.70. The lowest BCUT2D eigenvalue weighted by molar-refractivity contribution is -0.168. The summed E-state index contributed by atoms with van der Waals surface area (Å²) in [6.07, 6.45) is -10.1. The number of fused-ring (bicyclic) bond motifs is 6. The molecule has 0 aromatic heterocycles. The highest BCUT2D eigenvalue weighted by molar-refractivity contribution is 6.21. The Balaban J connectivity index is 1.63. The summed E-state index contributed by atoms with van der Waals surface area (Å²) >= 11 is 0. The quantitative estimate of drug-likeness (QED) is 0.406. The number of halogens is 6. The molecule has 3 aliphatic rings. The Labute approximate surface area is 212 Å². The van der Waals surface area contributed by atoms with E-state index < -0.39 is 87.6 Å². The molecule has 0 N–H and O–H groups in total. The maximum Gasteiger partial charge on any atom is 0.417 e. The Hall–Kier alpha value is -3.70. The number of rotatable bonds is 2. The average Bonchev–Trinajstić information content (AvgIpc) is 2.84. The van der Waals surface area contributed by atoms with Gasteiger partial charge >= 0.3 is 12.4 Å². The van der Waals surface area contributed by atoms with Crippen LogP contribution in [0.25, 0.3) is 11.1 Å². The van der Waals surface area contributed by atoms with Crippen molar-refractivity contribution in [1.29, 1.82) is 0 Å². The fraction of sp³-hybridized carbons (Fsp3) is 0.385. The highest BCUT2D eigenvalue weighted by atomic mass is 19.4. The number of carbonyl (C=O) groups is 4. The van der Waals surface area contributed by atoms with Gasteiger partial charge in [0.05, 0.1) is 40.5 Å². The van der Waals surface area contributed by atoms with Crippen LogP contribution in [0.1, 0.15) is 29.5 Å². The van der Waals surface area contributed by atoms with Crippen molar-refractivity contribution in [2.24, 2.45) is 23.7 Å². The molecule has 6 nitrogen and oxygen atoms in total. The lowest BCUT2D eigenvalue weighted by atomic mass is 9.62. The van der Waals surface area contributed by atoms with Crippen LogP contribution in [0, 0.1) is 30.6 Å². The zero-order valence-corrected chi connectivity index (χ0v) is 20.0. The summed E-state index contributed by atoms with van der Waals surface area (Å²) in [6, 6.07) is 5.19. The molecule has 4 atom stereocenters. The minimum absolute atomic E-state index is 0.00302. The first-order valence-electron chi connectivity index (χ1n) is 11.7. The fourth-order valence-corrected chi connectivity index (χ4v) is 5.86. The molecule has 4 bridgehead atoms. The van der Waals surface area contributed by atoms with E-state index in [2.05, 4.69) is 0 Å². The number of likely N-dealkylation sites (tertiary alicyclic amines) is 1. The van der Waals surface area contributed by atoms with Crippen molar-refractivity contribution in [3.05, 3.63) is 53.1 Å². The minimum Gasteiger partial charge on any atom is -0.285 e. The summed E-state index contributed by atoms with van der Waals surface area (Å²) in [5.41, 5.74) is -4.49. The summed E-state index contributed by atoms with van der Waals surface area (Å²) < 4.78 is 83.7. The Morgan fingerprint density at radius 2 is 1.08 bits per heavy atom. The van der Waals surface area contributed by atoms with Crippen LogP contribution in [0.4, 0.5) is 32.0 Å². The molecule has 2 aromatic carbocycles. The maximum absolute atomic E-state index is 14.2. The monoisotopic (exact) mass is 538 g/mol. The van der Waals surface area contributed by atoms with Crippen LogP contribution in [0.15, 0.2) is 36.4 Å². The van der Waals surface area contributed by atoms with Gasteiger partial charge in [0.15, 0.2) is 0 Å². The number of aryl methyl sites for hydroxylation is 1. The van der Waals surface area contributed by atoms with E-state index in [4.69, 9.17) is 0 Å². The fourth-order valence-electron chi connectivity index (χ4n) is 5.86. The first kappa shape index (κ1) is 25.9. The number of carbonyl (C=O) groups excluding carboxylic acids is 4. The molecule has 0 spiro atoms. The van der Waals surface area contributed by atoms with Crippen LogP contribution < -0.4 is 4.90 Å². The van der Waals surface area contributed by atoms with Crippen LogP contribution in [0.2, 0.25) is 0 Å². The van der Waals surface area contributed by atoms with Gasteiger partial charge in [-0.05, 0) is 49.1 Å². The van der Waals surface area contributed by atoms with Gasteiger partial charge in [-0.1, -0.05) is 23.8 Å². The second-order valence-corrected chi connectivity index (χ2v) is 9.92. The molecular formula is C26H20F6N2O4. The summed E-state index contributed by atoms with van der Waals surface area (Å²) in [5.74, 6) is -6.77. The van der Waals surface area contributed by atoms with E-state index in [9.17, 15) is 45.5 Å². The summed E-state index contributed by atoms with van der Waals surface area (Å²) in [5, 5.41) is 0. The van der Waals surface area contributed by atoms with E-state index in [1.807, 2.05) is 0 Å². The smallest absolute Gasteiger partial charge is 0.285 e. The van der Waals surface area contributed by atoms with E-state index in [-0.39, 0.29) is 18.4 Å². The molecule has 12 heteroatoms. The first-order chi connectivity index (χ1) is 17.6. The standard InChI is InChI=1S/C26H20F6N2O4/c1-11-3-5-13(19(7-11)25(27,28)29)14-6-4-12(8-20(14)26(30,31)32)34-23(37)17-10-18(24(34)38)16-9-15(17)21(35)33(2)22(16)36/h3-8,15-18H,9-10H2,1-2H3/t15-,16?,17?,18?/m0/s1. The normalized spacial score (nSPS) is 25.8. The highest BCUT2D eigenvalue weighted by Crippen LogP contribution is 2.49. The van der Waals surface area contributed by atoms with Crippen molar-refractivity contribution >= 4 is 29.3 Å². The van der Waals surface area contributed by atoms with Crippen LogP contribution in [0.3, 0.4) is 0 Å². The Bertz CT molecular complexity index is 1360. The van der Waals surface area contributed by atoms with Crippen molar-refractivity contribution in [3.63, 3.8) is 0 Å². The van der Waals surface area contributed by atoms with Crippen molar-refractivity contribution in [2.75, 3.05) is 11.9 Å². The molecule has 2 saturated heterocycles. The lowest BCUT2D eigenvalue weighted by Gasteiger charge is -2.49. The Kier molecular flexibility index (Phi) is 5.73. The predicted molar refractivity (Wildman–Crippen MR) is 120 cm³/mol. The molecule has 3 unspecified atom stereocenters. The van der Waals surface area contributed by atoms with Gasteiger partial charge in [0.2, 0.25) is 23.6 Å². The first-order valence-corrected chi connectivity index (χ1v) is 11.7. The number of amides is 4. The van der Waals surface area contributed by atoms with Gasteiger partial charge in [-0.3, -0.25) is 29.0 Å². The molecule has 5 rings (SSSR count). The van der Waals surface area contributed by atoms with Crippen molar-refractivity contribution in [3.8, 4) is 11.1 Å². The van der Waals surface area contributed by atoms with E-state index in [1.165, 1.54) is 20.0 Å². The van der Waals surface area contributed by atoms with Gasteiger partial charge in [0.1, 0.15) is 0 Å². The van der Waals surface area contributed by atoms with Crippen molar-refractivity contribution in [2.45, 2.75) is 32.1 Å². The van der Waals surface area contributed by atoms with Crippen molar-refractivity contribution in [1.82, 2.24) is 4.90 Å². The molecule has 3 fully saturated rings. The second kappa shape index (κ2) is 8.40. The summed E-state index contributed by atoms with van der Waals surface area (Å²) in [6.45, 7) is 1.37. The number of hydrogen-bond donors (Lipinski definition) is 0. The Morgan fingerprint density at radius 1 is 0.658 bits per heavy atom. The van der Waals surface area contributed by atoms with Gasteiger partial charge in [-0.15, -0.1) is 0 Å². The summed E-state index contributed by atoms with van der Waals surface area (Å²) in [7, 11) is 1.26. The molecule has 200 valence electrons. The minimum atomic E-state index is -5.14. The lowest BCUT2D eigenvalue weighted by Crippen LogP contribution is -2.64. The van der Waals surface area contributed by atoms with Crippen LogP contribution in [-0.4, -0.2) is 35.6 Å². The number of benzene rings is 2. The zero-order valence-electron chi connectivity index (χ0n) is 20.0. The largest absolute Gasteiger partial charge is 0.417 e. The number of hydrogen-bond acceptors (Lipinski definition) is 4. The van der Waals surface area contributed by atoms with E-state index in [0.717, 1.165) is 29.2 Å². The molecule has 38 heavy (non-hydrogen) atoms. The number of nitrogens with zero attached hydrogens (tertiary/aromatic N) is 2. The highest BCUT2D eigenvalue weighted by Gasteiger charge is 2.59. The van der Waals surface area contributed by atoms with Gasteiger partial charge in [-0.2, -0.15) is 26.3 Å². The number of imide groups is 2. The van der Waals surface area contributed by atoms with Gasteiger partial charge in [0, 0.05) is 7.05 Å². The predicted octanol–water partition coefficient (Wildman–Crippen LogP) is 4.83. The number of anilines is 1. The second-order valence-electron chi connectivity index (χ2n) is 9.92. The molecular weight excluding hydrogens is 518 g/mol. The average molecular weight is 538 g/mol. The SMILES string of the molecule is Cc1ccc(-c2ccc(N3C(=O)C4CC(C3=O)[C@@H]3CC4C(=O)N(C)C3=O)cc2C(F)(F)F)c(C(F)(F)F)c1. The third-order valence-electron chi connectivity index (χ3n) is 7.70. The Morgan fingerprint density at radius 3 is 1.55 bits per heavy atom. The topological polar surface area (TPSA) is 74.8 Å². The van der Waals surface area contributed by atoms with Crippen LogP contribution in [-0.2, 0) is 31.5 Å². The number of alkyl halides is 6. The zero-order chi connectivity index (χ0) is 27.9. The van der Waals surface area contributed by atoms with E-state index >= 15 is 0 Å². The molecule has 2 heterocycles. The van der Waals surface area contributed by atoms with Gasteiger partial charge in [0.25, 0.3) is 0 Å². The molecule has 1 aliphatic carbocycles. The molecule has 0 radical (unpaired) electrons. The van der Waals surface area contributed by atoms with E-state index in [1.54, 1.807) is 0 Å². The molecule has 1 saturated carbocycles. The molecule has 4 amide bonds. The van der Waals surface area contributed by atoms with Crippen LogP contribution in [0.5, 0.6) is 0 Å². The third kappa shape index (κ3) is 3.88. The maximum atomic E-state index is 14.2. The molecule has 2 aromatic rings. The molecule has 2 aliphatic heterocycles. The number of piperidine rings is 2. The van der Waals surface area contributed by atoms with E-state index in [0.29, 0.717) is 11.0 Å². The van der Waals surface area contributed by atoms with Gasteiger partial charge < -0.3 is 0 Å². The van der Waals surface area contributed by atoms with Gasteiger partial charge in [-0.25, -0.2) is 0 Å². The van der Waals surface area contributed by atoms with Crippen molar-refractivity contribution < 1.29 is 45.5 Å². The summed E-state index contributed by atoms with van der Waals surface area (Å²) in [4.78, 5) is 53.4.